The molecule has 0 saturated carbocycles. The molecule has 2 aromatic rings. The van der Waals surface area contributed by atoms with Crippen LogP contribution in [-0.2, 0) is 11.4 Å². The second-order valence-electron chi connectivity index (χ2n) is 5.80. The van der Waals surface area contributed by atoms with E-state index < -0.39 is 0 Å². The van der Waals surface area contributed by atoms with Gasteiger partial charge in [0.25, 0.3) is 5.91 Å². The summed E-state index contributed by atoms with van der Waals surface area (Å²) < 4.78 is 7.35. The van der Waals surface area contributed by atoms with Gasteiger partial charge in [0.05, 0.1) is 9.38 Å². The predicted octanol–water partition coefficient (Wildman–Crippen LogP) is 5.64. The second kappa shape index (κ2) is 8.84. The van der Waals surface area contributed by atoms with Crippen molar-refractivity contribution in [3.8, 4) is 5.75 Å². The molecule has 3 rings (SSSR count). The third kappa shape index (κ3) is 4.55. The smallest absolute Gasteiger partial charge is 0.266 e. The Labute approximate surface area is 171 Å². The maximum Gasteiger partial charge on any atom is 0.266 e. The Morgan fingerprint density at radius 1 is 1.23 bits per heavy atom. The van der Waals surface area contributed by atoms with Crippen LogP contribution in [0.3, 0.4) is 0 Å². The standard InChI is InChI=1S/C20H18BrNO2S2/c1-2-10-22-19(23)18(26-20(22)25)12-15-8-9-17(16(21)11-15)24-13-14-6-4-3-5-7-14/h3-9,11-12H,2,10,13H2,1H3/b18-12-. The van der Waals surface area contributed by atoms with Crippen LogP contribution in [0.1, 0.15) is 24.5 Å². The number of halogens is 1. The number of amides is 1. The molecule has 1 heterocycles. The Hall–Kier alpha value is -1.63. The molecule has 6 heteroatoms. The molecule has 1 aliphatic rings. The van der Waals surface area contributed by atoms with Crippen molar-refractivity contribution in [2.45, 2.75) is 20.0 Å². The Bertz CT molecular complexity index is 852. The Morgan fingerprint density at radius 3 is 2.69 bits per heavy atom. The minimum absolute atomic E-state index is 0.0117. The van der Waals surface area contributed by atoms with Gasteiger partial charge in [0, 0.05) is 6.54 Å². The number of carbonyl (C=O) groups excluding carboxylic acids is 1. The highest BCUT2D eigenvalue weighted by atomic mass is 79.9. The van der Waals surface area contributed by atoms with Gasteiger partial charge in [0.1, 0.15) is 16.7 Å². The zero-order valence-electron chi connectivity index (χ0n) is 14.3. The maximum absolute atomic E-state index is 12.4. The van der Waals surface area contributed by atoms with Gasteiger partial charge in [-0.25, -0.2) is 0 Å². The Balaban J connectivity index is 1.71. The third-order valence-corrected chi connectivity index (χ3v) is 5.81. The first kappa shape index (κ1) is 19.1. The lowest BCUT2D eigenvalue weighted by Gasteiger charge is -2.12. The van der Waals surface area contributed by atoms with Gasteiger partial charge in [0.15, 0.2) is 0 Å². The molecule has 0 atom stereocenters. The first-order valence-electron chi connectivity index (χ1n) is 8.30. The van der Waals surface area contributed by atoms with Crippen molar-refractivity contribution in [1.29, 1.82) is 0 Å². The van der Waals surface area contributed by atoms with Crippen LogP contribution in [0.4, 0.5) is 0 Å². The Kier molecular flexibility index (Phi) is 6.51. The zero-order valence-corrected chi connectivity index (χ0v) is 17.5. The van der Waals surface area contributed by atoms with E-state index in [1.807, 2.05) is 61.5 Å². The van der Waals surface area contributed by atoms with Crippen LogP contribution in [0.25, 0.3) is 6.08 Å². The summed E-state index contributed by atoms with van der Waals surface area (Å²) >= 11 is 10.2. The van der Waals surface area contributed by atoms with Gasteiger partial charge in [-0.3, -0.25) is 9.69 Å². The lowest BCUT2D eigenvalue weighted by Crippen LogP contribution is -2.28. The number of thiocarbonyl (C=S) groups is 1. The SMILES string of the molecule is CCCN1C(=O)/C(=C/c2ccc(OCc3ccccc3)c(Br)c2)SC1=S. The number of hydrogen-bond acceptors (Lipinski definition) is 4. The molecule has 2 aromatic carbocycles. The molecule has 1 aliphatic heterocycles. The fourth-order valence-electron chi connectivity index (χ4n) is 2.53. The summed E-state index contributed by atoms with van der Waals surface area (Å²) in [6.45, 7) is 3.21. The number of rotatable bonds is 6. The summed E-state index contributed by atoms with van der Waals surface area (Å²) in [6.07, 6.45) is 2.76. The summed E-state index contributed by atoms with van der Waals surface area (Å²) in [4.78, 5) is 14.8. The molecule has 0 aliphatic carbocycles. The zero-order chi connectivity index (χ0) is 18.5. The number of benzene rings is 2. The summed E-state index contributed by atoms with van der Waals surface area (Å²) in [5.41, 5.74) is 2.05. The van der Waals surface area contributed by atoms with E-state index in [4.69, 9.17) is 17.0 Å². The molecule has 0 bridgehead atoms. The molecule has 0 unspecified atom stereocenters. The monoisotopic (exact) mass is 447 g/mol. The minimum atomic E-state index is -0.0117. The first-order valence-corrected chi connectivity index (χ1v) is 10.3. The normalized spacial score (nSPS) is 15.8. The highest BCUT2D eigenvalue weighted by Gasteiger charge is 2.31. The van der Waals surface area contributed by atoms with E-state index in [0.717, 1.165) is 27.8 Å². The molecule has 0 N–H and O–H groups in total. The average molecular weight is 448 g/mol. The quantitative estimate of drug-likeness (QED) is 0.423. The van der Waals surface area contributed by atoms with Crippen molar-refractivity contribution in [1.82, 2.24) is 4.90 Å². The van der Waals surface area contributed by atoms with Gasteiger partial charge in [-0.1, -0.05) is 67.3 Å². The van der Waals surface area contributed by atoms with Crippen LogP contribution in [0.5, 0.6) is 5.75 Å². The third-order valence-electron chi connectivity index (χ3n) is 3.81. The molecule has 1 saturated heterocycles. The number of hydrogen-bond donors (Lipinski definition) is 0. The predicted molar refractivity (Wildman–Crippen MR) is 115 cm³/mol. The van der Waals surface area contributed by atoms with E-state index in [9.17, 15) is 4.79 Å². The molecule has 1 fully saturated rings. The van der Waals surface area contributed by atoms with Crippen molar-refractivity contribution >= 4 is 56.2 Å². The van der Waals surface area contributed by atoms with Crippen molar-refractivity contribution in [3.05, 3.63) is 69.0 Å². The molecule has 26 heavy (non-hydrogen) atoms. The van der Waals surface area contributed by atoms with E-state index >= 15 is 0 Å². The largest absolute Gasteiger partial charge is 0.488 e. The fourth-order valence-corrected chi connectivity index (χ4v) is 4.35. The molecule has 0 radical (unpaired) electrons. The van der Waals surface area contributed by atoms with E-state index in [-0.39, 0.29) is 5.91 Å². The summed E-state index contributed by atoms with van der Waals surface area (Å²) in [6, 6.07) is 15.8. The number of ether oxygens (including phenoxy) is 1. The number of thioether (sulfide) groups is 1. The van der Waals surface area contributed by atoms with E-state index in [1.165, 1.54) is 11.8 Å². The van der Waals surface area contributed by atoms with Gasteiger partial charge in [-0.2, -0.15) is 0 Å². The molecule has 0 spiro atoms. The van der Waals surface area contributed by atoms with Crippen molar-refractivity contribution in [2.24, 2.45) is 0 Å². The Morgan fingerprint density at radius 2 is 2.00 bits per heavy atom. The van der Waals surface area contributed by atoms with Crippen LogP contribution in [0.15, 0.2) is 57.9 Å². The number of nitrogens with zero attached hydrogens (tertiary/aromatic N) is 1. The summed E-state index contributed by atoms with van der Waals surface area (Å²) in [7, 11) is 0. The lowest BCUT2D eigenvalue weighted by molar-refractivity contribution is -0.122. The van der Waals surface area contributed by atoms with Gasteiger partial charge in [-0.15, -0.1) is 0 Å². The molecule has 134 valence electrons. The van der Waals surface area contributed by atoms with Crippen molar-refractivity contribution < 1.29 is 9.53 Å². The van der Waals surface area contributed by atoms with Gasteiger partial charge < -0.3 is 4.74 Å². The van der Waals surface area contributed by atoms with E-state index in [1.54, 1.807) is 4.90 Å². The van der Waals surface area contributed by atoms with E-state index in [0.29, 0.717) is 22.4 Å². The topological polar surface area (TPSA) is 29.5 Å². The highest BCUT2D eigenvalue weighted by Crippen LogP contribution is 2.34. The lowest BCUT2D eigenvalue weighted by atomic mass is 10.2. The van der Waals surface area contributed by atoms with Gasteiger partial charge in [-0.05, 0) is 51.7 Å². The van der Waals surface area contributed by atoms with Crippen LogP contribution in [0.2, 0.25) is 0 Å². The van der Waals surface area contributed by atoms with Gasteiger partial charge in [0.2, 0.25) is 0 Å². The fraction of sp³-hybridized carbons (Fsp3) is 0.200. The van der Waals surface area contributed by atoms with Crippen LogP contribution >= 0.6 is 39.9 Å². The molecular weight excluding hydrogens is 430 g/mol. The average Bonchev–Trinajstić information content (AvgIpc) is 2.90. The number of carbonyl (C=O) groups is 1. The summed E-state index contributed by atoms with van der Waals surface area (Å²) in [5, 5.41) is 0. The molecule has 3 nitrogen and oxygen atoms in total. The summed E-state index contributed by atoms with van der Waals surface area (Å²) in [5.74, 6) is 0.756. The molecular formula is C20H18BrNO2S2. The van der Waals surface area contributed by atoms with Crippen LogP contribution in [-0.4, -0.2) is 21.7 Å². The highest BCUT2D eigenvalue weighted by molar-refractivity contribution is 9.10. The maximum atomic E-state index is 12.4. The van der Waals surface area contributed by atoms with Crippen LogP contribution < -0.4 is 4.74 Å². The van der Waals surface area contributed by atoms with Gasteiger partial charge >= 0.3 is 0 Å². The molecule has 1 amide bonds. The first-order chi connectivity index (χ1) is 12.6. The second-order valence-corrected chi connectivity index (χ2v) is 8.33. The van der Waals surface area contributed by atoms with E-state index in [2.05, 4.69) is 15.9 Å². The minimum Gasteiger partial charge on any atom is -0.488 e. The van der Waals surface area contributed by atoms with Crippen molar-refractivity contribution in [3.63, 3.8) is 0 Å². The molecule has 0 aromatic heterocycles. The van der Waals surface area contributed by atoms with Crippen LogP contribution in [0, 0.1) is 0 Å². The van der Waals surface area contributed by atoms with Crippen molar-refractivity contribution in [2.75, 3.05) is 6.54 Å².